The number of hydrogen-bond donors (Lipinski definition) is 2. The first-order valence-electron chi connectivity index (χ1n) is 5.73. The van der Waals surface area contributed by atoms with E-state index >= 15 is 0 Å². The lowest BCUT2D eigenvalue weighted by atomic mass is 9.52. The molecule has 4 aliphatic rings. The van der Waals surface area contributed by atoms with Gasteiger partial charge in [0.25, 0.3) is 0 Å². The van der Waals surface area contributed by atoms with Crippen LogP contribution in [0.15, 0.2) is 11.6 Å². The Bertz CT molecular complexity index is 264. The summed E-state index contributed by atoms with van der Waals surface area (Å²) in [6.45, 7) is 0.172. The molecule has 0 aromatic rings. The van der Waals surface area contributed by atoms with Crippen LogP contribution in [0.2, 0.25) is 0 Å². The van der Waals surface area contributed by atoms with E-state index in [1.54, 1.807) is 0 Å². The van der Waals surface area contributed by atoms with Crippen molar-refractivity contribution in [2.75, 3.05) is 6.61 Å². The quantitative estimate of drug-likeness (QED) is 0.621. The van der Waals surface area contributed by atoms with Crippen molar-refractivity contribution >= 4 is 0 Å². The van der Waals surface area contributed by atoms with E-state index in [4.69, 9.17) is 5.11 Å². The molecule has 0 amide bonds. The normalized spacial score (nSPS) is 53.0. The van der Waals surface area contributed by atoms with Crippen LogP contribution in [0.25, 0.3) is 0 Å². The van der Waals surface area contributed by atoms with Crippen LogP contribution in [0.4, 0.5) is 0 Å². The zero-order chi connectivity index (χ0) is 9.76. The van der Waals surface area contributed by atoms with Gasteiger partial charge in [0.2, 0.25) is 0 Å². The Balaban J connectivity index is 1.93. The molecule has 2 N–H and O–H groups in total. The fraction of sp³-hybridized carbons (Fsp3) is 0.833. The molecule has 0 saturated heterocycles. The summed E-state index contributed by atoms with van der Waals surface area (Å²) in [5, 5.41) is 19.3. The van der Waals surface area contributed by atoms with E-state index in [9.17, 15) is 5.11 Å². The van der Waals surface area contributed by atoms with Gasteiger partial charge in [0.1, 0.15) is 0 Å². The van der Waals surface area contributed by atoms with Crippen molar-refractivity contribution < 1.29 is 10.2 Å². The van der Waals surface area contributed by atoms with Crippen LogP contribution >= 0.6 is 0 Å². The van der Waals surface area contributed by atoms with Crippen LogP contribution in [-0.4, -0.2) is 22.4 Å². The van der Waals surface area contributed by atoms with Crippen molar-refractivity contribution in [2.45, 2.75) is 37.7 Å². The van der Waals surface area contributed by atoms with Gasteiger partial charge in [0, 0.05) is 0 Å². The molecule has 0 aromatic carbocycles. The Hall–Kier alpha value is -0.340. The number of aliphatic hydroxyl groups is 2. The minimum absolute atomic E-state index is 0.172. The average Bonchev–Trinajstić information content (AvgIpc) is 2.08. The first-order chi connectivity index (χ1) is 6.70. The summed E-state index contributed by atoms with van der Waals surface area (Å²) in [6, 6.07) is 0. The zero-order valence-corrected chi connectivity index (χ0v) is 8.45. The Morgan fingerprint density at radius 3 is 2.36 bits per heavy atom. The summed E-state index contributed by atoms with van der Waals surface area (Å²) in [5.41, 5.74) is 1.11. The molecule has 0 aliphatic heterocycles. The molecule has 0 heterocycles. The minimum Gasteiger partial charge on any atom is -0.392 e. The van der Waals surface area contributed by atoms with Gasteiger partial charge in [-0.3, -0.25) is 0 Å². The topological polar surface area (TPSA) is 40.5 Å². The third kappa shape index (κ3) is 1.17. The van der Waals surface area contributed by atoms with E-state index in [0.29, 0.717) is 11.8 Å². The SMILES string of the molecule is OCC=C1[C@@H]2CC3C[C@H]1CC(O)(C3)C2. The second-order valence-electron chi connectivity index (χ2n) is 5.45. The second kappa shape index (κ2) is 2.83. The molecule has 0 radical (unpaired) electrons. The first-order valence-corrected chi connectivity index (χ1v) is 5.73. The van der Waals surface area contributed by atoms with E-state index < -0.39 is 0 Å². The second-order valence-corrected chi connectivity index (χ2v) is 5.45. The van der Waals surface area contributed by atoms with E-state index in [-0.39, 0.29) is 12.2 Å². The largest absolute Gasteiger partial charge is 0.392 e. The smallest absolute Gasteiger partial charge is 0.0661 e. The lowest BCUT2D eigenvalue weighted by molar-refractivity contribution is -0.100. The molecule has 78 valence electrons. The van der Waals surface area contributed by atoms with Gasteiger partial charge in [-0.25, -0.2) is 0 Å². The summed E-state index contributed by atoms with van der Waals surface area (Å²) >= 11 is 0. The van der Waals surface area contributed by atoms with Crippen LogP contribution in [0.1, 0.15) is 32.1 Å². The van der Waals surface area contributed by atoms with Gasteiger partial charge in [0.05, 0.1) is 12.2 Å². The summed E-state index contributed by atoms with van der Waals surface area (Å²) in [7, 11) is 0. The third-order valence-electron chi connectivity index (χ3n) is 4.43. The van der Waals surface area contributed by atoms with Crippen LogP contribution < -0.4 is 0 Å². The lowest BCUT2D eigenvalue weighted by Gasteiger charge is -2.55. The number of rotatable bonds is 1. The van der Waals surface area contributed by atoms with Gasteiger partial charge in [-0.15, -0.1) is 0 Å². The van der Waals surface area contributed by atoms with Gasteiger partial charge in [-0.2, -0.15) is 0 Å². The van der Waals surface area contributed by atoms with Crippen LogP contribution in [0.3, 0.4) is 0 Å². The lowest BCUT2D eigenvalue weighted by Crippen LogP contribution is -2.51. The highest BCUT2D eigenvalue weighted by molar-refractivity contribution is 5.23. The van der Waals surface area contributed by atoms with Crippen LogP contribution in [0, 0.1) is 17.8 Å². The van der Waals surface area contributed by atoms with E-state index in [0.717, 1.165) is 25.2 Å². The standard InChI is InChI=1S/C12H18O2/c13-2-1-11-9-3-8-4-10(11)7-12(14,5-8)6-9/h1,8-10,13-14H,2-7H2/t8?,9-,10+,12?. The molecular weight excluding hydrogens is 176 g/mol. The maximum absolute atomic E-state index is 10.3. The van der Waals surface area contributed by atoms with Gasteiger partial charge in [-0.1, -0.05) is 11.6 Å². The van der Waals surface area contributed by atoms with Crippen LogP contribution in [0.5, 0.6) is 0 Å². The zero-order valence-electron chi connectivity index (χ0n) is 8.45. The van der Waals surface area contributed by atoms with Gasteiger partial charge >= 0.3 is 0 Å². The highest BCUT2D eigenvalue weighted by atomic mass is 16.3. The molecule has 0 aromatic heterocycles. The molecule has 14 heavy (non-hydrogen) atoms. The van der Waals surface area contributed by atoms with Crippen LogP contribution in [-0.2, 0) is 0 Å². The number of hydrogen-bond acceptors (Lipinski definition) is 2. The van der Waals surface area contributed by atoms with Crippen molar-refractivity contribution in [3.63, 3.8) is 0 Å². The van der Waals surface area contributed by atoms with Crippen molar-refractivity contribution in [1.29, 1.82) is 0 Å². The summed E-state index contributed by atoms with van der Waals surface area (Å²) in [6.07, 6.45) is 7.44. The van der Waals surface area contributed by atoms with Gasteiger partial charge < -0.3 is 10.2 Å². The van der Waals surface area contributed by atoms with Crippen molar-refractivity contribution in [2.24, 2.45) is 17.8 Å². The minimum atomic E-state index is -0.344. The molecule has 4 saturated carbocycles. The Morgan fingerprint density at radius 1 is 1.21 bits per heavy atom. The monoisotopic (exact) mass is 194 g/mol. The van der Waals surface area contributed by atoms with Gasteiger partial charge in [-0.05, 0) is 49.9 Å². The molecule has 4 rings (SSSR count). The maximum Gasteiger partial charge on any atom is 0.0661 e. The average molecular weight is 194 g/mol. The number of aliphatic hydroxyl groups excluding tert-OH is 1. The summed E-state index contributed by atoms with van der Waals surface area (Å²) in [5.74, 6) is 1.92. The van der Waals surface area contributed by atoms with E-state index in [2.05, 4.69) is 0 Å². The fourth-order valence-corrected chi connectivity index (χ4v) is 4.22. The molecule has 4 atom stereocenters. The van der Waals surface area contributed by atoms with E-state index in [1.165, 1.54) is 18.4 Å². The molecular formula is C12H18O2. The van der Waals surface area contributed by atoms with Crippen molar-refractivity contribution in [1.82, 2.24) is 0 Å². The van der Waals surface area contributed by atoms with E-state index in [1.807, 2.05) is 6.08 Å². The third-order valence-corrected chi connectivity index (χ3v) is 4.43. The molecule has 4 bridgehead atoms. The number of allylic oxidation sites excluding steroid dienone is 1. The van der Waals surface area contributed by atoms with Gasteiger partial charge in [0.15, 0.2) is 0 Å². The van der Waals surface area contributed by atoms with Crippen molar-refractivity contribution in [3.8, 4) is 0 Å². The predicted octanol–water partition coefficient (Wildman–Crippen LogP) is 1.48. The molecule has 0 spiro atoms. The maximum atomic E-state index is 10.3. The summed E-state index contributed by atoms with van der Waals surface area (Å²) < 4.78 is 0. The predicted molar refractivity (Wildman–Crippen MR) is 53.7 cm³/mol. The molecule has 2 unspecified atom stereocenters. The first kappa shape index (κ1) is 8.93. The highest BCUT2D eigenvalue weighted by Crippen LogP contribution is 2.57. The fourth-order valence-electron chi connectivity index (χ4n) is 4.22. The molecule has 2 heteroatoms. The molecule has 4 aliphatic carbocycles. The Kier molecular flexibility index (Phi) is 1.80. The molecule has 2 nitrogen and oxygen atoms in total. The molecule has 4 fully saturated rings. The Morgan fingerprint density at radius 2 is 1.86 bits per heavy atom. The summed E-state index contributed by atoms with van der Waals surface area (Å²) in [4.78, 5) is 0. The Labute approximate surface area is 84.6 Å². The highest BCUT2D eigenvalue weighted by Gasteiger charge is 2.52. The van der Waals surface area contributed by atoms with Crippen molar-refractivity contribution in [3.05, 3.63) is 11.6 Å².